The first-order valence-corrected chi connectivity index (χ1v) is 11.4. The molecule has 0 spiro atoms. The number of nitrogens with zero attached hydrogens (tertiary/aromatic N) is 3. The Bertz CT molecular complexity index is 1200. The van der Waals surface area contributed by atoms with Crippen molar-refractivity contribution < 1.29 is 9.53 Å². The van der Waals surface area contributed by atoms with Gasteiger partial charge >= 0.3 is 5.97 Å². The Morgan fingerprint density at radius 1 is 0.938 bits per heavy atom. The Labute approximate surface area is 188 Å². The van der Waals surface area contributed by atoms with E-state index in [0.29, 0.717) is 35.7 Å². The maximum Gasteiger partial charge on any atom is 0.344 e. The molecule has 2 N–H and O–H groups in total. The van der Waals surface area contributed by atoms with E-state index in [1.807, 2.05) is 47.0 Å². The quantitative estimate of drug-likeness (QED) is 0.264. The molecule has 4 rings (SSSR count). The standard InChI is InChI=1S/C26H30N4O2/c1-2-3-4-5-11-18-32-26(31)22-23-25(29-21-15-10-9-14-20(21)28-23)30(24(22)27)17-16-19-12-7-6-8-13-19/h6-10,12-15H,2-5,11,16-18,27H2,1H3. The maximum absolute atomic E-state index is 13.0. The smallest absolute Gasteiger partial charge is 0.344 e. The van der Waals surface area contributed by atoms with Crippen LogP contribution < -0.4 is 5.73 Å². The largest absolute Gasteiger partial charge is 0.462 e. The van der Waals surface area contributed by atoms with Gasteiger partial charge in [0.1, 0.15) is 16.9 Å². The Kier molecular flexibility index (Phi) is 7.00. The maximum atomic E-state index is 13.0. The molecule has 0 amide bonds. The highest BCUT2D eigenvalue weighted by atomic mass is 16.5. The Morgan fingerprint density at radius 3 is 2.38 bits per heavy atom. The first-order chi connectivity index (χ1) is 15.7. The number of ether oxygens (including phenoxy) is 1. The number of carbonyl (C=O) groups excluding carboxylic acids is 1. The highest BCUT2D eigenvalue weighted by Gasteiger charge is 2.25. The summed E-state index contributed by atoms with van der Waals surface area (Å²) < 4.78 is 7.47. The van der Waals surface area contributed by atoms with E-state index in [2.05, 4.69) is 19.1 Å². The van der Waals surface area contributed by atoms with Crippen LogP contribution in [0.25, 0.3) is 22.2 Å². The van der Waals surface area contributed by atoms with E-state index in [1.54, 1.807) is 0 Å². The van der Waals surface area contributed by atoms with E-state index >= 15 is 0 Å². The first-order valence-electron chi connectivity index (χ1n) is 11.4. The van der Waals surface area contributed by atoms with Crippen LogP contribution in [0.15, 0.2) is 54.6 Å². The Balaban J connectivity index is 1.64. The predicted octanol–water partition coefficient (Wildman–Crippen LogP) is 5.54. The lowest BCUT2D eigenvalue weighted by molar-refractivity contribution is 0.0501. The normalized spacial score (nSPS) is 11.3. The minimum Gasteiger partial charge on any atom is -0.462 e. The van der Waals surface area contributed by atoms with E-state index in [-0.39, 0.29) is 0 Å². The van der Waals surface area contributed by atoms with Crippen molar-refractivity contribution in [3.8, 4) is 0 Å². The number of esters is 1. The van der Waals surface area contributed by atoms with Crippen LogP contribution in [0.4, 0.5) is 5.82 Å². The van der Waals surface area contributed by atoms with Gasteiger partial charge < -0.3 is 15.0 Å². The molecule has 2 aromatic heterocycles. The molecule has 0 aliphatic heterocycles. The second-order valence-electron chi connectivity index (χ2n) is 8.08. The van der Waals surface area contributed by atoms with Crippen LogP contribution in [0, 0.1) is 0 Å². The van der Waals surface area contributed by atoms with Gasteiger partial charge in [-0.15, -0.1) is 0 Å². The SMILES string of the molecule is CCCCCCCOC(=O)c1c(N)n(CCc2ccccc2)c2nc3ccccc3nc12. The zero-order chi connectivity index (χ0) is 22.3. The van der Waals surface area contributed by atoms with Gasteiger partial charge in [0.25, 0.3) is 0 Å². The fourth-order valence-electron chi connectivity index (χ4n) is 3.97. The van der Waals surface area contributed by atoms with Gasteiger partial charge in [0.15, 0.2) is 5.65 Å². The summed E-state index contributed by atoms with van der Waals surface area (Å²) >= 11 is 0. The van der Waals surface area contributed by atoms with E-state index in [4.69, 9.17) is 20.4 Å². The number of rotatable bonds is 10. The number of hydrogen-bond donors (Lipinski definition) is 1. The molecule has 32 heavy (non-hydrogen) atoms. The third kappa shape index (κ3) is 4.74. The third-order valence-corrected chi connectivity index (χ3v) is 5.74. The van der Waals surface area contributed by atoms with Crippen molar-refractivity contribution in [2.75, 3.05) is 12.3 Å². The average molecular weight is 431 g/mol. The molecule has 0 unspecified atom stereocenters. The lowest BCUT2D eigenvalue weighted by atomic mass is 10.1. The number of nitrogens with two attached hydrogens (primary N) is 1. The molecule has 6 heteroatoms. The lowest BCUT2D eigenvalue weighted by Gasteiger charge is -2.08. The highest BCUT2D eigenvalue weighted by molar-refractivity contribution is 6.08. The predicted molar refractivity (Wildman–Crippen MR) is 129 cm³/mol. The fraction of sp³-hybridized carbons (Fsp3) is 0.346. The molecule has 0 aliphatic rings. The highest BCUT2D eigenvalue weighted by Crippen LogP contribution is 2.29. The van der Waals surface area contributed by atoms with Gasteiger partial charge in [0.05, 0.1) is 17.6 Å². The Morgan fingerprint density at radius 2 is 1.62 bits per heavy atom. The summed E-state index contributed by atoms with van der Waals surface area (Å²) in [5, 5.41) is 0. The van der Waals surface area contributed by atoms with Gasteiger partial charge in [-0.3, -0.25) is 0 Å². The molecular weight excluding hydrogens is 400 g/mol. The Hall–Kier alpha value is -3.41. The van der Waals surface area contributed by atoms with Crippen molar-refractivity contribution in [3.05, 3.63) is 65.7 Å². The number of carbonyl (C=O) groups is 1. The summed E-state index contributed by atoms with van der Waals surface area (Å²) in [6.45, 7) is 3.17. The molecule has 0 atom stereocenters. The molecule has 4 aromatic rings. The number of unbranched alkanes of at least 4 members (excludes halogenated alkanes) is 4. The molecule has 0 radical (unpaired) electrons. The molecule has 0 saturated carbocycles. The first kappa shape index (κ1) is 21.8. The van der Waals surface area contributed by atoms with Gasteiger partial charge in [-0.05, 0) is 30.5 Å². The molecule has 2 aromatic carbocycles. The molecular formula is C26H30N4O2. The number of nitrogen functional groups attached to an aromatic ring is 1. The van der Waals surface area contributed by atoms with Crippen LogP contribution in [0.5, 0.6) is 0 Å². The molecule has 0 saturated heterocycles. The minimum atomic E-state index is -0.425. The number of hydrogen-bond acceptors (Lipinski definition) is 5. The fourth-order valence-corrected chi connectivity index (χ4v) is 3.97. The zero-order valence-electron chi connectivity index (χ0n) is 18.6. The summed E-state index contributed by atoms with van der Waals surface area (Å²) in [5.41, 5.74) is 10.6. The topological polar surface area (TPSA) is 83.0 Å². The monoisotopic (exact) mass is 430 g/mol. The average Bonchev–Trinajstić information content (AvgIpc) is 3.09. The minimum absolute atomic E-state index is 0.319. The summed E-state index contributed by atoms with van der Waals surface area (Å²) in [4.78, 5) is 22.5. The molecule has 2 heterocycles. The van der Waals surface area contributed by atoms with Gasteiger partial charge in [0, 0.05) is 6.54 Å². The van der Waals surface area contributed by atoms with Gasteiger partial charge in [0.2, 0.25) is 0 Å². The van der Waals surface area contributed by atoms with Crippen molar-refractivity contribution in [3.63, 3.8) is 0 Å². The van der Waals surface area contributed by atoms with Crippen LogP contribution >= 0.6 is 0 Å². The van der Waals surface area contributed by atoms with Crippen LogP contribution in [-0.4, -0.2) is 27.1 Å². The number of aromatic nitrogens is 3. The van der Waals surface area contributed by atoms with E-state index in [0.717, 1.165) is 36.7 Å². The van der Waals surface area contributed by atoms with Crippen LogP contribution in [0.2, 0.25) is 0 Å². The third-order valence-electron chi connectivity index (χ3n) is 5.74. The number of fused-ring (bicyclic) bond motifs is 2. The van der Waals surface area contributed by atoms with Crippen molar-refractivity contribution in [2.24, 2.45) is 0 Å². The molecule has 6 nitrogen and oxygen atoms in total. The second kappa shape index (κ2) is 10.3. The van der Waals surface area contributed by atoms with Gasteiger partial charge in [-0.25, -0.2) is 14.8 Å². The van der Waals surface area contributed by atoms with E-state index in [9.17, 15) is 4.79 Å². The van der Waals surface area contributed by atoms with Gasteiger partial charge in [-0.1, -0.05) is 75.1 Å². The van der Waals surface area contributed by atoms with Crippen LogP contribution in [0.3, 0.4) is 0 Å². The number of para-hydroxylation sites is 2. The number of anilines is 1. The summed E-state index contributed by atoms with van der Waals surface area (Å²) in [7, 11) is 0. The molecule has 0 fully saturated rings. The molecule has 0 aliphatic carbocycles. The van der Waals surface area contributed by atoms with Crippen molar-refractivity contribution >= 4 is 34.0 Å². The molecule has 166 valence electrons. The molecule has 0 bridgehead atoms. The van der Waals surface area contributed by atoms with Crippen LogP contribution in [-0.2, 0) is 17.7 Å². The van der Waals surface area contributed by atoms with Gasteiger partial charge in [-0.2, -0.15) is 0 Å². The summed E-state index contributed by atoms with van der Waals surface area (Å²) in [5.74, 6) is -0.0618. The summed E-state index contributed by atoms with van der Waals surface area (Å²) in [6, 6.07) is 17.8. The van der Waals surface area contributed by atoms with Crippen molar-refractivity contribution in [1.82, 2.24) is 14.5 Å². The number of aryl methyl sites for hydroxylation is 2. The van der Waals surface area contributed by atoms with E-state index in [1.165, 1.54) is 18.4 Å². The van der Waals surface area contributed by atoms with Crippen molar-refractivity contribution in [1.29, 1.82) is 0 Å². The second-order valence-corrected chi connectivity index (χ2v) is 8.08. The lowest BCUT2D eigenvalue weighted by Crippen LogP contribution is -2.11. The van der Waals surface area contributed by atoms with Crippen molar-refractivity contribution in [2.45, 2.75) is 52.0 Å². The van der Waals surface area contributed by atoms with E-state index < -0.39 is 5.97 Å². The summed E-state index contributed by atoms with van der Waals surface area (Å²) in [6.07, 6.45) is 6.23. The number of benzene rings is 2. The van der Waals surface area contributed by atoms with Crippen LogP contribution in [0.1, 0.15) is 54.9 Å². The zero-order valence-corrected chi connectivity index (χ0v) is 18.6.